The quantitative estimate of drug-likeness (QED) is 0.436. The molecule has 11 heteroatoms. The summed E-state index contributed by atoms with van der Waals surface area (Å²) in [6.45, 7) is -0.0341. The average Bonchev–Trinajstić information content (AvgIpc) is 3.40. The van der Waals surface area contributed by atoms with Crippen LogP contribution in [0.25, 0.3) is 0 Å². The molecule has 2 aromatic carbocycles. The smallest absolute Gasteiger partial charge is 0.326 e. The molecular weight excluding hydrogens is 504 g/mol. The Bertz CT molecular complexity index is 1360. The fourth-order valence-corrected chi connectivity index (χ4v) is 6.52. The predicted octanol–water partition coefficient (Wildman–Crippen LogP) is 2.69. The summed E-state index contributed by atoms with van der Waals surface area (Å²) >= 11 is 1.39. The van der Waals surface area contributed by atoms with E-state index in [1.807, 2.05) is 29.6 Å². The third kappa shape index (κ3) is 5.23. The first kappa shape index (κ1) is 25.7. The lowest BCUT2D eigenvalue weighted by molar-refractivity contribution is -0.142. The van der Waals surface area contributed by atoms with Crippen LogP contribution < -0.4 is 14.8 Å². The molecule has 0 radical (unpaired) electrons. The molecule has 1 aliphatic rings. The molecule has 0 spiro atoms. The number of aliphatic carboxylic acids is 1. The maximum atomic E-state index is 13.8. The van der Waals surface area contributed by atoms with Gasteiger partial charge in [0.1, 0.15) is 12.1 Å². The first-order chi connectivity index (χ1) is 17.2. The van der Waals surface area contributed by atoms with Gasteiger partial charge in [0.2, 0.25) is 15.9 Å². The van der Waals surface area contributed by atoms with Crippen LogP contribution in [-0.2, 0) is 39.0 Å². The number of thiophene rings is 1. The average molecular weight is 531 g/mol. The number of methoxy groups -OCH3 is 2. The molecule has 2 atom stereocenters. The number of hydrogen-bond acceptors (Lipinski definition) is 7. The highest BCUT2D eigenvalue weighted by molar-refractivity contribution is 7.89. The number of carboxylic acids is 1. The van der Waals surface area contributed by atoms with Crippen molar-refractivity contribution >= 4 is 33.2 Å². The van der Waals surface area contributed by atoms with E-state index in [0.717, 1.165) is 20.3 Å². The summed E-state index contributed by atoms with van der Waals surface area (Å²) in [4.78, 5) is 26.1. The van der Waals surface area contributed by atoms with Crippen LogP contribution in [0.3, 0.4) is 0 Å². The molecule has 2 unspecified atom stereocenters. The van der Waals surface area contributed by atoms with Crippen molar-refractivity contribution in [3.8, 4) is 11.5 Å². The van der Waals surface area contributed by atoms with Gasteiger partial charge in [-0.2, -0.15) is 4.31 Å². The Kier molecular flexibility index (Phi) is 7.62. The lowest BCUT2D eigenvalue weighted by atomic mass is 9.95. The summed E-state index contributed by atoms with van der Waals surface area (Å²) in [6.07, 6.45) is 0.213. The molecule has 0 saturated carbocycles. The number of carbonyl (C=O) groups excluding carboxylic acids is 1. The molecule has 1 aromatic heterocycles. The zero-order chi connectivity index (χ0) is 25.9. The molecule has 3 aromatic rings. The van der Waals surface area contributed by atoms with Gasteiger partial charge in [-0.25, -0.2) is 13.2 Å². The van der Waals surface area contributed by atoms with E-state index < -0.39 is 34.0 Å². The van der Waals surface area contributed by atoms with E-state index in [9.17, 15) is 23.1 Å². The third-order valence-electron chi connectivity index (χ3n) is 6.07. The van der Waals surface area contributed by atoms with Gasteiger partial charge in [0.25, 0.3) is 0 Å². The highest BCUT2D eigenvalue weighted by Gasteiger charge is 2.41. The van der Waals surface area contributed by atoms with Gasteiger partial charge >= 0.3 is 5.97 Å². The number of fused-ring (bicyclic) bond motifs is 1. The van der Waals surface area contributed by atoms with Gasteiger partial charge in [0, 0.05) is 23.9 Å². The molecule has 0 aliphatic carbocycles. The fourth-order valence-electron chi connectivity index (χ4n) is 4.19. The van der Waals surface area contributed by atoms with E-state index in [-0.39, 0.29) is 30.0 Å². The lowest BCUT2D eigenvalue weighted by Gasteiger charge is -2.35. The van der Waals surface area contributed by atoms with Crippen LogP contribution >= 0.6 is 11.3 Å². The number of nitrogens with zero attached hydrogens (tertiary/aromatic N) is 1. The van der Waals surface area contributed by atoms with Crippen molar-refractivity contribution in [3.05, 3.63) is 76.0 Å². The van der Waals surface area contributed by atoms with Gasteiger partial charge in [-0.05, 0) is 41.1 Å². The summed E-state index contributed by atoms with van der Waals surface area (Å²) in [6, 6.07) is 12.8. The van der Waals surface area contributed by atoms with E-state index >= 15 is 0 Å². The van der Waals surface area contributed by atoms with E-state index in [4.69, 9.17) is 9.47 Å². The van der Waals surface area contributed by atoms with Gasteiger partial charge in [0.05, 0.1) is 19.1 Å². The van der Waals surface area contributed by atoms with Crippen molar-refractivity contribution in [2.75, 3.05) is 14.2 Å². The second kappa shape index (κ2) is 10.7. The minimum Gasteiger partial charge on any atom is -0.493 e. The number of hydrogen-bond donors (Lipinski definition) is 2. The van der Waals surface area contributed by atoms with Crippen molar-refractivity contribution < 1.29 is 32.6 Å². The highest BCUT2D eigenvalue weighted by atomic mass is 32.2. The predicted molar refractivity (Wildman–Crippen MR) is 134 cm³/mol. The zero-order valence-electron chi connectivity index (χ0n) is 19.7. The largest absolute Gasteiger partial charge is 0.493 e. The molecule has 0 saturated heterocycles. The first-order valence-electron chi connectivity index (χ1n) is 11.1. The number of amides is 1. The summed E-state index contributed by atoms with van der Waals surface area (Å²) in [5.41, 5.74) is 1.61. The van der Waals surface area contributed by atoms with Crippen molar-refractivity contribution in [3.63, 3.8) is 0 Å². The monoisotopic (exact) mass is 530 g/mol. The molecule has 1 aliphatic heterocycles. The molecular formula is C25H26N2O7S2. The number of ether oxygens (including phenoxy) is 2. The van der Waals surface area contributed by atoms with E-state index in [0.29, 0.717) is 5.75 Å². The molecule has 0 bridgehead atoms. The van der Waals surface area contributed by atoms with Gasteiger partial charge in [-0.1, -0.05) is 30.3 Å². The van der Waals surface area contributed by atoms with Crippen LogP contribution in [0.1, 0.15) is 16.0 Å². The number of benzene rings is 2. The van der Waals surface area contributed by atoms with Gasteiger partial charge in [0.15, 0.2) is 11.5 Å². The Morgan fingerprint density at radius 1 is 1.08 bits per heavy atom. The van der Waals surface area contributed by atoms with E-state index in [2.05, 4.69) is 5.32 Å². The number of nitrogens with one attached hydrogen (secondary N) is 1. The SMILES string of the molecule is COc1ccc(S(=O)(=O)N2Cc3ccccc3CC2C(=O)NC(Cc2cccs2)C(=O)O)cc1OC. The Morgan fingerprint density at radius 3 is 2.44 bits per heavy atom. The lowest BCUT2D eigenvalue weighted by Crippen LogP contribution is -2.55. The number of carbonyl (C=O) groups is 2. The molecule has 0 fully saturated rings. The van der Waals surface area contributed by atoms with Crippen LogP contribution in [0, 0.1) is 0 Å². The molecule has 190 valence electrons. The Morgan fingerprint density at radius 2 is 1.81 bits per heavy atom. The Balaban J connectivity index is 1.69. The minimum absolute atomic E-state index is 0.0341. The summed E-state index contributed by atoms with van der Waals surface area (Å²) in [7, 11) is -1.32. The van der Waals surface area contributed by atoms with Crippen molar-refractivity contribution in [1.82, 2.24) is 9.62 Å². The highest BCUT2D eigenvalue weighted by Crippen LogP contribution is 2.34. The number of rotatable bonds is 9. The minimum atomic E-state index is -4.17. The maximum absolute atomic E-state index is 13.8. The zero-order valence-corrected chi connectivity index (χ0v) is 21.3. The third-order valence-corrected chi connectivity index (χ3v) is 8.82. The van der Waals surface area contributed by atoms with Crippen LogP contribution in [-0.4, -0.2) is 56.0 Å². The van der Waals surface area contributed by atoms with E-state index in [1.54, 1.807) is 12.1 Å². The molecule has 1 amide bonds. The molecule has 4 rings (SSSR count). The Hall–Kier alpha value is -3.41. The fraction of sp³-hybridized carbons (Fsp3) is 0.280. The van der Waals surface area contributed by atoms with Gasteiger partial charge in [-0.3, -0.25) is 4.79 Å². The summed E-state index contributed by atoms with van der Waals surface area (Å²) in [5.74, 6) is -1.26. The molecule has 2 N–H and O–H groups in total. The second-order valence-electron chi connectivity index (χ2n) is 8.24. The second-order valence-corrected chi connectivity index (χ2v) is 11.2. The maximum Gasteiger partial charge on any atom is 0.326 e. The Labute approximate surface area is 213 Å². The molecule has 9 nitrogen and oxygen atoms in total. The van der Waals surface area contributed by atoms with Crippen LogP contribution in [0.15, 0.2) is 64.9 Å². The number of carboxylic acid groups (broad SMARTS) is 1. The van der Waals surface area contributed by atoms with Crippen LogP contribution in [0.4, 0.5) is 0 Å². The topological polar surface area (TPSA) is 122 Å². The normalized spacial score (nSPS) is 16.6. The number of sulfonamides is 1. The van der Waals surface area contributed by atoms with Crippen LogP contribution in [0.5, 0.6) is 11.5 Å². The van der Waals surface area contributed by atoms with E-state index in [1.165, 1.54) is 43.8 Å². The molecule has 2 heterocycles. The molecule has 36 heavy (non-hydrogen) atoms. The first-order valence-corrected chi connectivity index (χ1v) is 13.4. The van der Waals surface area contributed by atoms with Crippen molar-refractivity contribution in [2.45, 2.75) is 36.4 Å². The standard InChI is InChI=1S/C25H26N2O7S2/c1-33-22-10-9-19(14-23(22)34-2)36(31,32)27-15-17-7-4-3-6-16(17)12-21(27)24(28)26-20(25(29)30)13-18-8-5-11-35-18/h3-11,14,20-21H,12-13,15H2,1-2H3,(H,26,28)(H,29,30). The summed E-state index contributed by atoms with van der Waals surface area (Å²) in [5, 5.41) is 14.1. The van der Waals surface area contributed by atoms with Gasteiger partial charge in [-0.15, -0.1) is 11.3 Å². The van der Waals surface area contributed by atoms with Gasteiger partial charge < -0.3 is 19.9 Å². The van der Waals surface area contributed by atoms with Crippen molar-refractivity contribution in [1.29, 1.82) is 0 Å². The summed E-state index contributed by atoms with van der Waals surface area (Å²) < 4.78 is 39.2. The van der Waals surface area contributed by atoms with Crippen LogP contribution in [0.2, 0.25) is 0 Å². The van der Waals surface area contributed by atoms with Crippen molar-refractivity contribution in [2.24, 2.45) is 0 Å².